The van der Waals surface area contributed by atoms with Gasteiger partial charge in [0.1, 0.15) is 5.69 Å². The summed E-state index contributed by atoms with van der Waals surface area (Å²) in [6.07, 6.45) is 7.79. The molecule has 2 N–H and O–H groups in total. The standard InChI is InChI=1S/C17H26N2O3/c1-17(2,12-7-5-4-6-8-12)11-19-16(21)13-9-14(20)15(22-3)10-18-13/h9-10,12H,4-8,11H2,1-3H3,(H,18,20)(H,19,21). The maximum Gasteiger partial charge on any atom is 0.267 e. The van der Waals surface area contributed by atoms with Crippen LogP contribution in [-0.2, 0) is 0 Å². The molecule has 2 rings (SSSR count). The monoisotopic (exact) mass is 306 g/mol. The molecule has 0 atom stereocenters. The minimum Gasteiger partial charge on any atom is -0.491 e. The van der Waals surface area contributed by atoms with Crippen LogP contribution in [0, 0.1) is 11.3 Å². The summed E-state index contributed by atoms with van der Waals surface area (Å²) < 4.78 is 4.90. The first-order valence-electron chi connectivity index (χ1n) is 7.99. The quantitative estimate of drug-likeness (QED) is 0.878. The van der Waals surface area contributed by atoms with Gasteiger partial charge in [-0.25, -0.2) is 0 Å². The van der Waals surface area contributed by atoms with Crippen LogP contribution in [-0.4, -0.2) is 24.5 Å². The summed E-state index contributed by atoms with van der Waals surface area (Å²) in [5.41, 5.74) is 0.0474. The number of methoxy groups -OCH3 is 1. The highest BCUT2D eigenvalue weighted by atomic mass is 16.5. The Labute approximate surface area is 131 Å². The zero-order chi connectivity index (χ0) is 16.2. The van der Waals surface area contributed by atoms with E-state index in [-0.39, 0.29) is 28.2 Å². The first-order chi connectivity index (χ1) is 10.4. The molecule has 1 fully saturated rings. The number of aromatic amines is 1. The van der Waals surface area contributed by atoms with E-state index in [0.717, 1.165) is 0 Å². The van der Waals surface area contributed by atoms with Crippen molar-refractivity contribution in [1.29, 1.82) is 0 Å². The molecule has 1 saturated carbocycles. The van der Waals surface area contributed by atoms with Crippen LogP contribution in [0.5, 0.6) is 5.75 Å². The lowest BCUT2D eigenvalue weighted by atomic mass is 9.71. The third-order valence-electron chi connectivity index (χ3n) is 4.76. The highest BCUT2D eigenvalue weighted by Gasteiger charge is 2.31. The van der Waals surface area contributed by atoms with E-state index in [2.05, 4.69) is 24.1 Å². The number of ether oxygens (including phenoxy) is 1. The van der Waals surface area contributed by atoms with Gasteiger partial charge in [0, 0.05) is 18.8 Å². The first-order valence-corrected chi connectivity index (χ1v) is 7.99. The third kappa shape index (κ3) is 3.90. The number of pyridine rings is 1. The molecule has 0 aliphatic heterocycles. The number of hydrogen-bond acceptors (Lipinski definition) is 3. The van der Waals surface area contributed by atoms with Gasteiger partial charge in [-0.3, -0.25) is 9.59 Å². The molecule has 0 bridgehead atoms. The summed E-state index contributed by atoms with van der Waals surface area (Å²) >= 11 is 0. The molecule has 0 aromatic carbocycles. The molecule has 22 heavy (non-hydrogen) atoms. The number of hydrogen-bond donors (Lipinski definition) is 2. The van der Waals surface area contributed by atoms with Crippen molar-refractivity contribution in [2.75, 3.05) is 13.7 Å². The molecule has 1 aliphatic rings. The van der Waals surface area contributed by atoms with Gasteiger partial charge in [-0.1, -0.05) is 33.1 Å². The van der Waals surface area contributed by atoms with Crippen molar-refractivity contribution in [2.24, 2.45) is 11.3 Å². The van der Waals surface area contributed by atoms with E-state index in [9.17, 15) is 9.59 Å². The van der Waals surface area contributed by atoms with Crippen molar-refractivity contribution >= 4 is 5.91 Å². The Morgan fingerprint density at radius 2 is 2.05 bits per heavy atom. The normalized spacial score (nSPS) is 16.3. The molecule has 122 valence electrons. The lowest BCUT2D eigenvalue weighted by Gasteiger charge is -2.37. The topological polar surface area (TPSA) is 71.2 Å². The molecule has 0 saturated heterocycles. The number of amides is 1. The SMILES string of the molecule is COc1c[nH]c(C(=O)NCC(C)(C)C2CCCCC2)cc1=O. The Hall–Kier alpha value is -1.78. The van der Waals surface area contributed by atoms with Crippen LogP contribution in [0.1, 0.15) is 56.4 Å². The average Bonchev–Trinajstić information content (AvgIpc) is 2.53. The van der Waals surface area contributed by atoms with Gasteiger partial charge in [0.2, 0.25) is 5.43 Å². The van der Waals surface area contributed by atoms with Gasteiger partial charge < -0.3 is 15.0 Å². The summed E-state index contributed by atoms with van der Waals surface area (Å²) in [5, 5.41) is 2.95. The smallest absolute Gasteiger partial charge is 0.267 e. The second kappa shape index (κ2) is 6.99. The number of carbonyl (C=O) groups is 1. The van der Waals surface area contributed by atoms with Gasteiger partial charge in [0.25, 0.3) is 5.91 Å². The van der Waals surface area contributed by atoms with Gasteiger partial charge in [-0.15, -0.1) is 0 Å². The van der Waals surface area contributed by atoms with Crippen LogP contribution in [0.15, 0.2) is 17.1 Å². The highest BCUT2D eigenvalue weighted by Crippen LogP contribution is 2.37. The molecule has 1 aromatic rings. The largest absolute Gasteiger partial charge is 0.491 e. The van der Waals surface area contributed by atoms with Crippen molar-refractivity contribution in [3.63, 3.8) is 0 Å². The van der Waals surface area contributed by atoms with E-state index < -0.39 is 0 Å². The number of H-pyrrole nitrogens is 1. The predicted octanol–water partition coefficient (Wildman–Crippen LogP) is 2.72. The van der Waals surface area contributed by atoms with E-state index >= 15 is 0 Å². The van der Waals surface area contributed by atoms with Crippen LogP contribution in [0.2, 0.25) is 0 Å². The van der Waals surface area contributed by atoms with E-state index in [4.69, 9.17) is 4.74 Å². The minimum absolute atomic E-state index is 0.0723. The van der Waals surface area contributed by atoms with Crippen molar-refractivity contribution in [2.45, 2.75) is 46.0 Å². The van der Waals surface area contributed by atoms with Gasteiger partial charge in [0.15, 0.2) is 5.75 Å². The lowest BCUT2D eigenvalue weighted by molar-refractivity contribution is 0.0894. The molecular formula is C17H26N2O3. The van der Waals surface area contributed by atoms with E-state index in [1.807, 2.05) is 0 Å². The summed E-state index contributed by atoms with van der Waals surface area (Å²) in [6, 6.07) is 1.28. The molecular weight excluding hydrogens is 280 g/mol. The lowest BCUT2D eigenvalue weighted by Crippen LogP contribution is -2.39. The van der Waals surface area contributed by atoms with Crippen molar-refractivity contribution in [3.05, 3.63) is 28.2 Å². The van der Waals surface area contributed by atoms with Gasteiger partial charge >= 0.3 is 0 Å². The van der Waals surface area contributed by atoms with Gasteiger partial charge in [-0.2, -0.15) is 0 Å². The molecule has 1 amide bonds. The second-order valence-electron chi connectivity index (χ2n) is 6.79. The number of rotatable bonds is 5. The predicted molar refractivity (Wildman–Crippen MR) is 86.3 cm³/mol. The fourth-order valence-electron chi connectivity index (χ4n) is 3.18. The summed E-state index contributed by atoms with van der Waals surface area (Å²) in [6.45, 7) is 5.03. The maximum absolute atomic E-state index is 12.2. The van der Waals surface area contributed by atoms with Crippen LogP contribution < -0.4 is 15.5 Å². The van der Waals surface area contributed by atoms with Crippen LogP contribution in [0.3, 0.4) is 0 Å². The Kier molecular flexibility index (Phi) is 5.27. The average molecular weight is 306 g/mol. The highest BCUT2D eigenvalue weighted by molar-refractivity contribution is 5.92. The van der Waals surface area contributed by atoms with Gasteiger partial charge in [0.05, 0.1) is 7.11 Å². The van der Waals surface area contributed by atoms with Crippen molar-refractivity contribution in [3.8, 4) is 5.75 Å². The molecule has 5 heteroatoms. The zero-order valence-corrected chi connectivity index (χ0v) is 13.7. The molecule has 0 radical (unpaired) electrons. The Bertz CT molecular complexity index is 572. The molecule has 0 unspecified atom stereocenters. The van der Waals surface area contributed by atoms with Gasteiger partial charge in [-0.05, 0) is 24.2 Å². The van der Waals surface area contributed by atoms with Crippen LogP contribution in [0.25, 0.3) is 0 Å². The molecule has 5 nitrogen and oxygen atoms in total. The summed E-state index contributed by atoms with van der Waals surface area (Å²) in [5.74, 6) is 0.610. The third-order valence-corrected chi connectivity index (χ3v) is 4.76. The van der Waals surface area contributed by atoms with Crippen LogP contribution >= 0.6 is 0 Å². The van der Waals surface area contributed by atoms with Crippen molar-refractivity contribution in [1.82, 2.24) is 10.3 Å². The molecule has 1 aliphatic carbocycles. The zero-order valence-electron chi connectivity index (χ0n) is 13.7. The van der Waals surface area contributed by atoms with Crippen molar-refractivity contribution < 1.29 is 9.53 Å². The summed E-state index contributed by atoms with van der Waals surface area (Å²) in [4.78, 5) is 26.7. The first kappa shape index (κ1) is 16.6. The van der Waals surface area contributed by atoms with E-state index in [1.165, 1.54) is 51.5 Å². The molecule has 1 heterocycles. The molecule has 1 aromatic heterocycles. The maximum atomic E-state index is 12.2. The Morgan fingerprint density at radius 1 is 1.36 bits per heavy atom. The van der Waals surface area contributed by atoms with E-state index in [0.29, 0.717) is 12.5 Å². The second-order valence-corrected chi connectivity index (χ2v) is 6.79. The van der Waals surface area contributed by atoms with E-state index in [1.54, 1.807) is 0 Å². The Morgan fingerprint density at radius 3 is 2.64 bits per heavy atom. The fourth-order valence-corrected chi connectivity index (χ4v) is 3.18. The fraction of sp³-hybridized carbons (Fsp3) is 0.647. The molecule has 0 spiro atoms. The number of nitrogens with one attached hydrogen (secondary N) is 2. The Balaban J connectivity index is 1.96. The number of aromatic nitrogens is 1. The summed E-state index contributed by atoms with van der Waals surface area (Å²) in [7, 11) is 1.43. The minimum atomic E-state index is -0.294. The van der Waals surface area contributed by atoms with Crippen LogP contribution in [0.4, 0.5) is 0 Å². The number of carbonyl (C=O) groups excluding carboxylic acids is 1.